The number of aromatic nitrogens is 2. The van der Waals surface area contributed by atoms with Crippen LogP contribution in [0.1, 0.15) is 23.1 Å². The van der Waals surface area contributed by atoms with Gasteiger partial charge in [-0.3, -0.25) is 0 Å². The van der Waals surface area contributed by atoms with Gasteiger partial charge in [0.15, 0.2) is 0 Å². The van der Waals surface area contributed by atoms with Gasteiger partial charge in [-0.1, -0.05) is 6.92 Å². The Kier molecular flexibility index (Phi) is 4.45. The molecule has 2 heterocycles. The molecule has 6 heteroatoms. The summed E-state index contributed by atoms with van der Waals surface area (Å²) in [4.78, 5) is 15.7. The molecule has 1 unspecified atom stereocenters. The fourth-order valence-electron chi connectivity index (χ4n) is 2.63. The molecule has 1 aromatic carbocycles. The van der Waals surface area contributed by atoms with Crippen LogP contribution in [-0.2, 0) is 13.0 Å². The minimum atomic E-state index is -0.899. The lowest BCUT2D eigenvalue weighted by atomic mass is 10.2. The molecule has 2 aromatic rings. The van der Waals surface area contributed by atoms with Gasteiger partial charge in [-0.05, 0) is 18.2 Å². The van der Waals surface area contributed by atoms with Crippen molar-refractivity contribution in [2.45, 2.75) is 25.1 Å². The van der Waals surface area contributed by atoms with Crippen LogP contribution in [0.3, 0.4) is 0 Å². The van der Waals surface area contributed by atoms with Crippen molar-refractivity contribution in [3.8, 4) is 0 Å². The molecule has 0 bridgehead atoms. The number of hydrogen-bond acceptors (Lipinski definition) is 4. The number of rotatable bonds is 4. The first kappa shape index (κ1) is 14.8. The summed E-state index contributed by atoms with van der Waals surface area (Å²) >= 11 is 4.05. The Labute approximate surface area is 132 Å². The highest BCUT2D eigenvalue weighted by Crippen LogP contribution is 2.27. The molecule has 1 aromatic heterocycles. The number of thioether (sulfide) groups is 2. The van der Waals surface area contributed by atoms with Crippen LogP contribution in [0.5, 0.6) is 0 Å². The fraction of sp³-hybridized carbons (Fsp3) is 0.467. The molecule has 4 nitrogen and oxygen atoms in total. The minimum absolute atomic E-state index is 0.303. The van der Waals surface area contributed by atoms with Gasteiger partial charge in [-0.25, -0.2) is 9.78 Å². The van der Waals surface area contributed by atoms with Gasteiger partial charge < -0.3 is 9.67 Å². The van der Waals surface area contributed by atoms with Gasteiger partial charge in [0.25, 0.3) is 0 Å². The average Bonchev–Trinajstić information content (AvgIpc) is 2.85. The zero-order valence-electron chi connectivity index (χ0n) is 11.9. The van der Waals surface area contributed by atoms with E-state index >= 15 is 0 Å². The molecule has 1 aliphatic rings. The minimum Gasteiger partial charge on any atom is -0.478 e. The summed E-state index contributed by atoms with van der Waals surface area (Å²) in [6, 6.07) is 5.24. The fourth-order valence-corrected chi connectivity index (χ4v) is 5.28. The normalized spacial score (nSPS) is 19.0. The first-order valence-corrected chi connectivity index (χ1v) is 9.31. The van der Waals surface area contributed by atoms with E-state index in [-0.39, 0.29) is 0 Å². The Bertz CT molecular complexity index is 663. The van der Waals surface area contributed by atoms with Gasteiger partial charge in [0.2, 0.25) is 0 Å². The van der Waals surface area contributed by atoms with Crippen molar-refractivity contribution < 1.29 is 9.90 Å². The average molecular weight is 322 g/mol. The van der Waals surface area contributed by atoms with Crippen LogP contribution < -0.4 is 0 Å². The maximum absolute atomic E-state index is 11.1. The summed E-state index contributed by atoms with van der Waals surface area (Å²) < 4.78 is 2.27. The Hall–Kier alpha value is -1.14. The van der Waals surface area contributed by atoms with Crippen molar-refractivity contribution in [2.24, 2.45) is 0 Å². The SMILES string of the molecule is CCc1nc2cc(C(=O)O)ccc2n1CC1CSCCS1. The zero-order chi connectivity index (χ0) is 14.8. The monoisotopic (exact) mass is 322 g/mol. The molecule has 1 atom stereocenters. The Balaban J connectivity index is 1.97. The van der Waals surface area contributed by atoms with E-state index in [9.17, 15) is 4.79 Å². The number of fused-ring (bicyclic) bond motifs is 1. The highest BCUT2D eigenvalue weighted by Gasteiger charge is 2.19. The van der Waals surface area contributed by atoms with Crippen molar-refractivity contribution in [2.75, 3.05) is 17.3 Å². The van der Waals surface area contributed by atoms with Crippen LogP contribution in [0.25, 0.3) is 11.0 Å². The van der Waals surface area contributed by atoms with Crippen LogP contribution in [0.4, 0.5) is 0 Å². The summed E-state index contributed by atoms with van der Waals surface area (Å²) in [5.74, 6) is 3.79. The van der Waals surface area contributed by atoms with Crippen LogP contribution in [0.15, 0.2) is 18.2 Å². The number of carbonyl (C=O) groups is 1. The van der Waals surface area contributed by atoms with E-state index < -0.39 is 5.97 Å². The van der Waals surface area contributed by atoms with Gasteiger partial charge in [0.1, 0.15) is 5.82 Å². The number of nitrogens with zero attached hydrogens (tertiary/aromatic N) is 2. The smallest absolute Gasteiger partial charge is 0.335 e. The van der Waals surface area contributed by atoms with Gasteiger partial charge in [-0.2, -0.15) is 23.5 Å². The van der Waals surface area contributed by atoms with Gasteiger partial charge in [-0.15, -0.1) is 0 Å². The summed E-state index contributed by atoms with van der Waals surface area (Å²) in [6.07, 6.45) is 0.863. The summed E-state index contributed by atoms with van der Waals surface area (Å²) in [5.41, 5.74) is 2.14. The van der Waals surface area contributed by atoms with Crippen LogP contribution >= 0.6 is 23.5 Å². The van der Waals surface area contributed by atoms with E-state index in [2.05, 4.69) is 16.5 Å². The van der Waals surface area contributed by atoms with Crippen molar-refractivity contribution in [3.63, 3.8) is 0 Å². The molecule has 0 spiro atoms. The standard InChI is InChI=1S/C15H18N2O2S2/c1-2-14-16-12-7-10(15(18)19)3-4-13(12)17(14)8-11-9-20-5-6-21-11/h3-4,7,11H,2,5-6,8-9H2,1H3,(H,18,19). The number of benzene rings is 1. The van der Waals surface area contributed by atoms with E-state index in [1.54, 1.807) is 12.1 Å². The summed E-state index contributed by atoms with van der Waals surface area (Å²) in [5, 5.41) is 9.71. The number of hydrogen-bond donors (Lipinski definition) is 1. The van der Waals surface area contributed by atoms with Crippen molar-refractivity contribution in [3.05, 3.63) is 29.6 Å². The molecule has 0 aliphatic carbocycles. The number of carboxylic acid groups (broad SMARTS) is 1. The molecule has 0 saturated carbocycles. The van der Waals surface area contributed by atoms with Crippen LogP contribution in [0.2, 0.25) is 0 Å². The third kappa shape index (κ3) is 3.06. The molecule has 1 aliphatic heterocycles. The predicted molar refractivity (Wildman–Crippen MR) is 89.6 cm³/mol. The Morgan fingerprint density at radius 1 is 1.48 bits per heavy atom. The Morgan fingerprint density at radius 2 is 2.33 bits per heavy atom. The maximum Gasteiger partial charge on any atom is 0.335 e. The van der Waals surface area contributed by atoms with E-state index in [1.165, 1.54) is 17.3 Å². The first-order chi connectivity index (χ1) is 10.2. The van der Waals surface area contributed by atoms with Crippen molar-refractivity contribution in [1.29, 1.82) is 0 Å². The van der Waals surface area contributed by atoms with Crippen LogP contribution in [-0.4, -0.2) is 43.1 Å². The highest BCUT2D eigenvalue weighted by atomic mass is 32.2. The van der Waals surface area contributed by atoms with E-state index in [1.807, 2.05) is 29.6 Å². The van der Waals surface area contributed by atoms with Crippen LogP contribution in [0, 0.1) is 0 Å². The van der Waals surface area contributed by atoms with Crippen molar-refractivity contribution in [1.82, 2.24) is 9.55 Å². The largest absolute Gasteiger partial charge is 0.478 e. The van der Waals surface area contributed by atoms with E-state index in [4.69, 9.17) is 5.11 Å². The molecular formula is C15H18N2O2S2. The second-order valence-corrected chi connectivity index (χ2v) is 7.63. The van der Waals surface area contributed by atoms with Gasteiger partial charge in [0.05, 0.1) is 16.6 Å². The molecular weight excluding hydrogens is 304 g/mol. The molecule has 21 heavy (non-hydrogen) atoms. The second-order valence-electron chi connectivity index (χ2n) is 5.07. The number of aryl methyl sites for hydroxylation is 1. The molecule has 0 amide bonds. The number of aromatic carboxylic acids is 1. The highest BCUT2D eigenvalue weighted by molar-refractivity contribution is 8.06. The maximum atomic E-state index is 11.1. The van der Waals surface area contributed by atoms with Crippen molar-refractivity contribution >= 4 is 40.5 Å². The van der Waals surface area contributed by atoms with E-state index in [0.29, 0.717) is 10.8 Å². The molecule has 1 fully saturated rings. The summed E-state index contributed by atoms with van der Waals surface area (Å²) in [6.45, 7) is 3.06. The lowest BCUT2D eigenvalue weighted by molar-refractivity contribution is 0.0697. The summed E-state index contributed by atoms with van der Waals surface area (Å²) in [7, 11) is 0. The molecule has 0 radical (unpaired) electrons. The number of carboxylic acids is 1. The molecule has 3 rings (SSSR count). The Morgan fingerprint density at radius 3 is 3.00 bits per heavy atom. The lowest BCUT2D eigenvalue weighted by Gasteiger charge is -2.22. The van der Waals surface area contributed by atoms with Gasteiger partial charge >= 0.3 is 5.97 Å². The zero-order valence-corrected chi connectivity index (χ0v) is 13.5. The second kappa shape index (κ2) is 6.32. The molecule has 1 N–H and O–H groups in total. The lowest BCUT2D eigenvalue weighted by Crippen LogP contribution is -2.21. The molecule has 112 valence electrons. The first-order valence-electron chi connectivity index (χ1n) is 7.11. The quantitative estimate of drug-likeness (QED) is 0.937. The topological polar surface area (TPSA) is 55.1 Å². The third-order valence-corrected chi connectivity index (χ3v) is 6.49. The molecule has 1 saturated heterocycles. The third-order valence-electron chi connectivity index (χ3n) is 3.66. The number of imidazole rings is 1. The predicted octanol–water partition coefficient (Wildman–Crippen LogP) is 3.15. The van der Waals surface area contributed by atoms with Gasteiger partial charge in [0, 0.05) is 35.5 Å². The van der Waals surface area contributed by atoms with E-state index in [0.717, 1.165) is 29.8 Å².